The molecule has 1 fully saturated rings. The number of hydrogen-bond donors (Lipinski definition) is 1. The average molecular weight is 427 g/mol. The van der Waals surface area contributed by atoms with Gasteiger partial charge in [-0.15, -0.1) is 0 Å². The minimum Gasteiger partial charge on any atom is -0.489 e. The molecular formula is C24H24ClFN2O2. The van der Waals surface area contributed by atoms with Crippen molar-refractivity contribution < 1.29 is 13.9 Å². The van der Waals surface area contributed by atoms with Crippen molar-refractivity contribution in [2.24, 2.45) is 0 Å². The monoisotopic (exact) mass is 426 g/mol. The van der Waals surface area contributed by atoms with Gasteiger partial charge in [0.2, 0.25) is 0 Å². The molecule has 1 saturated heterocycles. The van der Waals surface area contributed by atoms with Crippen LogP contribution in [-0.2, 0) is 17.9 Å². The number of halogens is 2. The number of nitrogens with zero attached hydrogens (tertiary/aromatic N) is 1. The van der Waals surface area contributed by atoms with Crippen LogP contribution in [0.5, 0.6) is 5.75 Å². The highest BCUT2D eigenvalue weighted by Gasteiger charge is 2.10. The van der Waals surface area contributed by atoms with Crippen molar-refractivity contribution in [3.05, 3.63) is 88.7 Å². The molecular weight excluding hydrogens is 403 g/mol. The number of rotatable bonds is 7. The molecule has 4 nitrogen and oxygen atoms in total. The summed E-state index contributed by atoms with van der Waals surface area (Å²) in [6.07, 6.45) is 0. The Kier molecular flexibility index (Phi) is 6.72. The summed E-state index contributed by atoms with van der Waals surface area (Å²) in [5, 5.41) is 3.81. The molecule has 1 N–H and O–H groups in total. The predicted octanol–water partition coefficient (Wildman–Crippen LogP) is 5.51. The van der Waals surface area contributed by atoms with Crippen LogP contribution in [0.15, 0.2) is 66.7 Å². The summed E-state index contributed by atoms with van der Waals surface area (Å²) in [7, 11) is 0. The van der Waals surface area contributed by atoms with Crippen molar-refractivity contribution in [3.8, 4) is 5.75 Å². The maximum Gasteiger partial charge on any atom is 0.124 e. The molecule has 0 aromatic heterocycles. The van der Waals surface area contributed by atoms with Gasteiger partial charge in [0, 0.05) is 36.6 Å². The number of benzene rings is 3. The predicted molar refractivity (Wildman–Crippen MR) is 119 cm³/mol. The zero-order valence-electron chi connectivity index (χ0n) is 16.6. The SMILES string of the molecule is Fc1ccc(COc2ccc(CNc3ccc(N4CCOCC4)cc3)cc2)c(Cl)c1. The molecule has 0 spiro atoms. The second kappa shape index (κ2) is 9.83. The Balaban J connectivity index is 1.27. The molecule has 156 valence electrons. The Morgan fingerprint density at radius 2 is 1.70 bits per heavy atom. The number of morpholine rings is 1. The Labute approximate surface area is 181 Å². The average Bonchev–Trinajstić information content (AvgIpc) is 2.79. The molecule has 6 heteroatoms. The van der Waals surface area contributed by atoms with Gasteiger partial charge in [0.1, 0.15) is 18.2 Å². The molecule has 1 aliphatic heterocycles. The molecule has 1 aliphatic rings. The summed E-state index contributed by atoms with van der Waals surface area (Å²) in [5.41, 5.74) is 4.22. The number of ether oxygens (including phenoxy) is 2. The first-order valence-electron chi connectivity index (χ1n) is 10.00. The third-order valence-electron chi connectivity index (χ3n) is 5.07. The van der Waals surface area contributed by atoms with Crippen molar-refractivity contribution in [3.63, 3.8) is 0 Å². The van der Waals surface area contributed by atoms with E-state index in [4.69, 9.17) is 21.1 Å². The number of nitrogens with one attached hydrogen (secondary N) is 1. The molecule has 1 heterocycles. The van der Waals surface area contributed by atoms with Crippen LogP contribution in [0.4, 0.5) is 15.8 Å². The first-order valence-corrected chi connectivity index (χ1v) is 10.4. The van der Waals surface area contributed by atoms with Gasteiger partial charge in [0.25, 0.3) is 0 Å². The van der Waals surface area contributed by atoms with Crippen LogP contribution < -0.4 is 15.0 Å². The molecule has 0 atom stereocenters. The molecule has 0 saturated carbocycles. The smallest absolute Gasteiger partial charge is 0.124 e. The van der Waals surface area contributed by atoms with E-state index in [0.717, 1.165) is 55.4 Å². The summed E-state index contributed by atoms with van der Waals surface area (Å²) in [6.45, 7) is 4.48. The van der Waals surface area contributed by atoms with Crippen molar-refractivity contribution in [1.82, 2.24) is 0 Å². The second-order valence-corrected chi connectivity index (χ2v) is 7.58. The minimum absolute atomic E-state index is 0.298. The first kappa shape index (κ1) is 20.5. The molecule has 0 bridgehead atoms. The molecule has 3 aromatic carbocycles. The normalized spacial score (nSPS) is 13.9. The van der Waals surface area contributed by atoms with Crippen LogP contribution in [-0.4, -0.2) is 26.3 Å². The summed E-state index contributed by atoms with van der Waals surface area (Å²) in [5.74, 6) is 0.394. The van der Waals surface area contributed by atoms with E-state index in [0.29, 0.717) is 11.6 Å². The molecule has 0 unspecified atom stereocenters. The molecule has 3 aromatic rings. The highest BCUT2D eigenvalue weighted by atomic mass is 35.5. The van der Waals surface area contributed by atoms with Gasteiger partial charge in [-0.3, -0.25) is 0 Å². The molecule has 0 amide bonds. The van der Waals surface area contributed by atoms with Crippen LogP contribution >= 0.6 is 11.6 Å². The zero-order valence-corrected chi connectivity index (χ0v) is 17.4. The van der Waals surface area contributed by atoms with Crippen LogP contribution in [0.3, 0.4) is 0 Å². The highest BCUT2D eigenvalue weighted by Crippen LogP contribution is 2.22. The fourth-order valence-electron chi connectivity index (χ4n) is 3.32. The summed E-state index contributed by atoms with van der Waals surface area (Å²) >= 11 is 6.04. The Bertz CT molecular complexity index is 958. The highest BCUT2D eigenvalue weighted by molar-refractivity contribution is 6.31. The van der Waals surface area contributed by atoms with E-state index < -0.39 is 0 Å². The maximum atomic E-state index is 13.1. The lowest BCUT2D eigenvalue weighted by molar-refractivity contribution is 0.122. The van der Waals surface area contributed by atoms with Crippen molar-refractivity contribution in [2.45, 2.75) is 13.2 Å². The number of hydrogen-bond acceptors (Lipinski definition) is 4. The van der Waals surface area contributed by atoms with Crippen molar-refractivity contribution >= 4 is 23.0 Å². The van der Waals surface area contributed by atoms with E-state index in [2.05, 4.69) is 34.5 Å². The van der Waals surface area contributed by atoms with Crippen LogP contribution in [0.25, 0.3) is 0 Å². The van der Waals surface area contributed by atoms with Gasteiger partial charge in [0.05, 0.1) is 18.2 Å². The third-order valence-corrected chi connectivity index (χ3v) is 5.42. The maximum absolute atomic E-state index is 13.1. The van der Waals surface area contributed by atoms with Gasteiger partial charge < -0.3 is 19.7 Å². The fourth-order valence-corrected chi connectivity index (χ4v) is 3.54. The van der Waals surface area contributed by atoms with Crippen LogP contribution in [0, 0.1) is 5.82 Å². The Morgan fingerprint density at radius 3 is 2.40 bits per heavy atom. The minimum atomic E-state index is -0.351. The van der Waals surface area contributed by atoms with Gasteiger partial charge in [0.15, 0.2) is 0 Å². The summed E-state index contributed by atoms with van der Waals surface area (Å²) in [4.78, 5) is 2.34. The van der Waals surface area contributed by atoms with Gasteiger partial charge >= 0.3 is 0 Å². The number of anilines is 2. The lowest BCUT2D eigenvalue weighted by atomic mass is 10.2. The van der Waals surface area contributed by atoms with E-state index in [1.165, 1.54) is 17.8 Å². The van der Waals surface area contributed by atoms with Gasteiger partial charge in [-0.2, -0.15) is 0 Å². The van der Waals surface area contributed by atoms with E-state index in [1.54, 1.807) is 6.07 Å². The Morgan fingerprint density at radius 1 is 0.967 bits per heavy atom. The van der Waals surface area contributed by atoms with E-state index in [9.17, 15) is 4.39 Å². The first-order chi connectivity index (χ1) is 14.7. The van der Waals surface area contributed by atoms with Crippen molar-refractivity contribution in [1.29, 1.82) is 0 Å². The van der Waals surface area contributed by atoms with E-state index in [-0.39, 0.29) is 5.82 Å². The largest absolute Gasteiger partial charge is 0.489 e. The molecule has 0 aliphatic carbocycles. The third kappa shape index (κ3) is 5.43. The van der Waals surface area contributed by atoms with Crippen molar-refractivity contribution in [2.75, 3.05) is 36.5 Å². The van der Waals surface area contributed by atoms with E-state index >= 15 is 0 Å². The van der Waals surface area contributed by atoms with Crippen LogP contribution in [0.1, 0.15) is 11.1 Å². The zero-order chi connectivity index (χ0) is 20.8. The van der Waals surface area contributed by atoms with Crippen LogP contribution in [0.2, 0.25) is 5.02 Å². The topological polar surface area (TPSA) is 33.7 Å². The van der Waals surface area contributed by atoms with Gasteiger partial charge in [-0.25, -0.2) is 4.39 Å². The van der Waals surface area contributed by atoms with Gasteiger partial charge in [-0.1, -0.05) is 29.8 Å². The fraction of sp³-hybridized carbons (Fsp3) is 0.250. The summed E-state index contributed by atoms with van der Waals surface area (Å²) in [6, 6.07) is 20.7. The molecule has 4 rings (SSSR count). The second-order valence-electron chi connectivity index (χ2n) is 7.17. The lowest BCUT2D eigenvalue weighted by Crippen LogP contribution is -2.36. The van der Waals surface area contributed by atoms with E-state index in [1.807, 2.05) is 24.3 Å². The quantitative estimate of drug-likeness (QED) is 0.540. The Hall–Kier alpha value is -2.76. The van der Waals surface area contributed by atoms with Gasteiger partial charge in [-0.05, 0) is 54.1 Å². The standard InChI is InChI=1S/C24H24ClFN2O2/c25-24-15-20(26)4-3-19(24)17-30-23-9-1-18(2-10-23)16-27-21-5-7-22(8-6-21)28-11-13-29-14-12-28/h1-10,15,27H,11-14,16-17H2. The lowest BCUT2D eigenvalue weighted by Gasteiger charge is -2.28. The summed E-state index contributed by atoms with van der Waals surface area (Å²) < 4.78 is 24.3. The molecule has 0 radical (unpaired) electrons. The molecule has 30 heavy (non-hydrogen) atoms.